The van der Waals surface area contributed by atoms with Gasteiger partial charge in [-0.3, -0.25) is 0 Å². The second-order valence-corrected chi connectivity index (χ2v) is 6.47. The van der Waals surface area contributed by atoms with Gasteiger partial charge in [-0.05, 0) is 43.3 Å². The van der Waals surface area contributed by atoms with Crippen molar-refractivity contribution < 1.29 is 4.39 Å². The summed E-state index contributed by atoms with van der Waals surface area (Å²) in [6, 6.07) is 0. The highest BCUT2D eigenvalue weighted by Crippen LogP contribution is 2.33. The fourth-order valence-corrected chi connectivity index (χ4v) is 3.41. The maximum atomic E-state index is 13.7. The van der Waals surface area contributed by atoms with Gasteiger partial charge in [-0.1, -0.05) is 48.6 Å². The van der Waals surface area contributed by atoms with Crippen LogP contribution in [0.1, 0.15) is 39.0 Å². The fourth-order valence-electron chi connectivity index (χ4n) is 3.41. The Morgan fingerprint density at radius 3 is 3.00 bits per heavy atom. The van der Waals surface area contributed by atoms with Crippen molar-refractivity contribution in [2.75, 3.05) is 0 Å². The lowest BCUT2D eigenvalue weighted by Crippen LogP contribution is -2.20. The van der Waals surface area contributed by atoms with E-state index >= 15 is 0 Å². The summed E-state index contributed by atoms with van der Waals surface area (Å²) >= 11 is 0. The lowest BCUT2D eigenvalue weighted by molar-refractivity contribution is 0.392. The maximum Gasteiger partial charge on any atom is 0.103 e. The molecular formula is C20H22FN. The van der Waals surface area contributed by atoms with Gasteiger partial charge >= 0.3 is 0 Å². The normalized spacial score (nSPS) is 35.6. The van der Waals surface area contributed by atoms with Crippen molar-refractivity contribution in [1.29, 1.82) is 5.41 Å². The van der Waals surface area contributed by atoms with Crippen LogP contribution in [-0.4, -0.2) is 5.71 Å². The van der Waals surface area contributed by atoms with Crippen LogP contribution in [0.4, 0.5) is 4.39 Å². The third-order valence-corrected chi connectivity index (χ3v) is 4.91. The Morgan fingerprint density at radius 1 is 1.27 bits per heavy atom. The molecule has 22 heavy (non-hydrogen) atoms. The van der Waals surface area contributed by atoms with Gasteiger partial charge in [-0.25, -0.2) is 4.39 Å². The molecule has 0 aliphatic heterocycles. The standard InChI is InChI=1S/C20H22FN/c1-14-17(7-3-9-19(14)21)13-15-5-2-8-18-16(12-11-15)6-4-10-20(18)22/h3,7,9,11-12,14,17-18,22H,4-6,10,13H2,1H3/b15-11+,16-12-,22-20?. The van der Waals surface area contributed by atoms with E-state index in [4.69, 9.17) is 5.41 Å². The van der Waals surface area contributed by atoms with Crippen LogP contribution < -0.4 is 0 Å². The van der Waals surface area contributed by atoms with Gasteiger partial charge in [0.05, 0.1) is 5.92 Å². The number of hydrogen-bond donors (Lipinski definition) is 1. The van der Waals surface area contributed by atoms with Gasteiger partial charge in [0.25, 0.3) is 0 Å². The molecule has 0 spiro atoms. The predicted molar refractivity (Wildman–Crippen MR) is 89.2 cm³/mol. The van der Waals surface area contributed by atoms with Crippen LogP contribution in [0.3, 0.4) is 0 Å². The predicted octanol–water partition coefficient (Wildman–Crippen LogP) is 5.13. The number of rotatable bonds is 2. The molecule has 1 fully saturated rings. The lowest BCUT2D eigenvalue weighted by Gasteiger charge is -2.25. The molecule has 0 aromatic carbocycles. The van der Waals surface area contributed by atoms with E-state index in [0.717, 1.165) is 37.8 Å². The first kappa shape index (κ1) is 15.0. The van der Waals surface area contributed by atoms with Crippen molar-refractivity contribution in [1.82, 2.24) is 0 Å². The van der Waals surface area contributed by atoms with E-state index in [1.807, 2.05) is 13.0 Å². The van der Waals surface area contributed by atoms with Gasteiger partial charge in [-0.2, -0.15) is 0 Å². The Hall–Kier alpha value is -1.88. The summed E-state index contributed by atoms with van der Waals surface area (Å²) in [6.07, 6.45) is 14.4. The summed E-state index contributed by atoms with van der Waals surface area (Å²) in [5.74, 6) is 6.71. The van der Waals surface area contributed by atoms with Crippen LogP contribution in [0.5, 0.6) is 0 Å². The van der Waals surface area contributed by atoms with E-state index in [0.29, 0.717) is 0 Å². The van der Waals surface area contributed by atoms with Gasteiger partial charge in [0.2, 0.25) is 0 Å². The van der Waals surface area contributed by atoms with Crippen LogP contribution in [0.2, 0.25) is 0 Å². The monoisotopic (exact) mass is 295 g/mol. The molecule has 3 aliphatic rings. The van der Waals surface area contributed by atoms with Gasteiger partial charge < -0.3 is 5.41 Å². The van der Waals surface area contributed by atoms with Crippen molar-refractivity contribution in [2.45, 2.75) is 39.0 Å². The number of nitrogens with one attached hydrogen (secondary N) is 1. The molecule has 0 aromatic heterocycles. The summed E-state index contributed by atoms with van der Waals surface area (Å²) in [7, 11) is 0. The van der Waals surface area contributed by atoms with E-state index < -0.39 is 0 Å². The molecule has 0 aromatic rings. The smallest absolute Gasteiger partial charge is 0.103 e. The summed E-state index contributed by atoms with van der Waals surface area (Å²) in [4.78, 5) is 0. The van der Waals surface area contributed by atoms with Gasteiger partial charge in [0, 0.05) is 18.1 Å². The molecule has 1 nitrogen and oxygen atoms in total. The Morgan fingerprint density at radius 2 is 2.14 bits per heavy atom. The first-order chi connectivity index (χ1) is 10.6. The quantitative estimate of drug-likeness (QED) is 0.683. The SMILES string of the molecule is CC1C(F)=CC=CC1C/C1=C/C=C2/CCCC(=N)C2C#CC1. The summed E-state index contributed by atoms with van der Waals surface area (Å²) in [6.45, 7) is 1.95. The Labute approximate surface area is 132 Å². The molecule has 0 amide bonds. The van der Waals surface area contributed by atoms with Crippen LogP contribution in [-0.2, 0) is 0 Å². The highest BCUT2D eigenvalue weighted by molar-refractivity contribution is 5.90. The zero-order valence-corrected chi connectivity index (χ0v) is 13.0. The zero-order valence-electron chi connectivity index (χ0n) is 13.0. The maximum absolute atomic E-state index is 13.7. The van der Waals surface area contributed by atoms with Gasteiger partial charge in [-0.15, -0.1) is 0 Å². The highest BCUT2D eigenvalue weighted by atomic mass is 19.1. The summed E-state index contributed by atoms with van der Waals surface area (Å²) < 4.78 is 13.7. The second kappa shape index (κ2) is 6.48. The van der Waals surface area contributed by atoms with Crippen molar-refractivity contribution in [3.8, 4) is 11.8 Å². The largest absolute Gasteiger partial charge is 0.308 e. The molecule has 114 valence electrons. The van der Waals surface area contributed by atoms with E-state index in [1.54, 1.807) is 6.08 Å². The van der Waals surface area contributed by atoms with E-state index in [1.165, 1.54) is 11.1 Å². The molecular weight excluding hydrogens is 273 g/mol. The molecule has 3 rings (SSSR count). The number of hydrogen-bond acceptors (Lipinski definition) is 1. The highest BCUT2D eigenvalue weighted by Gasteiger charge is 2.24. The second-order valence-electron chi connectivity index (χ2n) is 6.47. The molecule has 0 radical (unpaired) electrons. The molecule has 1 N–H and O–H groups in total. The minimum absolute atomic E-state index is 0.0239. The first-order valence-electron chi connectivity index (χ1n) is 8.13. The van der Waals surface area contributed by atoms with Crippen molar-refractivity contribution in [3.63, 3.8) is 0 Å². The molecule has 1 saturated carbocycles. The fraction of sp³-hybridized carbons (Fsp3) is 0.450. The van der Waals surface area contributed by atoms with Crippen LogP contribution in [0, 0.1) is 35.0 Å². The average molecular weight is 295 g/mol. The Kier molecular flexibility index (Phi) is 4.43. The lowest BCUT2D eigenvalue weighted by atomic mass is 9.80. The van der Waals surface area contributed by atoms with Crippen LogP contribution in [0.25, 0.3) is 0 Å². The minimum Gasteiger partial charge on any atom is -0.308 e. The van der Waals surface area contributed by atoms with E-state index in [2.05, 4.69) is 30.1 Å². The molecule has 0 bridgehead atoms. The van der Waals surface area contributed by atoms with Crippen molar-refractivity contribution in [3.05, 3.63) is 47.4 Å². The zero-order chi connectivity index (χ0) is 15.5. The van der Waals surface area contributed by atoms with Crippen molar-refractivity contribution >= 4 is 5.71 Å². The molecule has 2 heteroatoms. The molecule has 3 aliphatic carbocycles. The molecule has 3 atom stereocenters. The summed E-state index contributed by atoms with van der Waals surface area (Å²) in [5, 5.41) is 8.07. The Balaban J connectivity index is 1.76. The molecule has 3 unspecified atom stereocenters. The van der Waals surface area contributed by atoms with Gasteiger partial charge in [0.15, 0.2) is 0 Å². The number of fused-ring (bicyclic) bond motifs is 1. The minimum atomic E-state index is -0.0486. The van der Waals surface area contributed by atoms with E-state index in [9.17, 15) is 4.39 Å². The number of halogens is 1. The third kappa shape index (κ3) is 3.14. The number of allylic oxidation sites excluding steroid dienone is 8. The van der Waals surface area contributed by atoms with Crippen LogP contribution in [0.15, 0.2) is 47.4 Å². The van der Waals surface area contributed by atoms with Crippen LogP contribution >= 0.6 is 0 Å². The van der Waals surface area contributed by atoms with Crippen molar-refractivity contribution in [2.24, 2.45) is 17.8 Å². The van der Waals surface area contributed by atoms with Gasteiger partial charge in [0.1, 0.15) is 5.83 Å². The first-order valence-corrected chi connectivity index (χ1v) is 8.13. The average Bonchev–Trinajstić information content (AvgIpc) is 2.48. The third-order valence-electron chi connectivity index (χ3n) is 4.91. The molecule has 0 saturated heterocycles. The van der Waals surface area contributed by atoms with E-state index in [-0.39, 0.29) is 23.6 Å². The summed E-state index contributed by atoms with van der Waals surface area (Å²) in [5.41, 5.74) is 3.31. The molecule has 0 heterocycles. The Bertz CT molecular complexity index is 651. The topological polar surface area (TPSA) is 23.9 Å².